The molecule has 0 spiro atoms. The maximum atomic E-state index is 9.19. The van der Waals surface area contributed by atoms with Gasteiger partial charge in [0, 0.05) is 0 Å². The molecule has 0 radical (unpaired) electrons. The van der Waals surface area contributed by atoms with Crippen molar-refractivity contribution < 1.29 is 9.84 Å². The van der Waals surface area contributed by atoms with Crippen LogP contribution in [0.4, 0.5) is 0 Å². The summed E-state index contributed by atoms with van der Waals surface area (Å²) in [5.74, 6) is 1.03. The Bertz CT molecular complexity index is 486. The van der Waals surface area contributed by atoms with Gasteiger partial charge < -0.3 is 9.84 Å². The van der Waals surface area contributed by atoms with Gasteiger partial charge in [0.25, 0.3) is 0 Å². The summed E-state index contributed by atoms with van der Waals surface area (Å²) < 4.78 is 5.66. The molecule has 1 N–H and O–H groups in total. The second kappa shape index (κ2) is 6.83. The Morgan fingerprint density at radius 2 is 1.53 bits per heavy atom. The molecule has 0 bridgehead atoms. The number of ether oxygens (including phenoxy) is 1. The van der Waals surface area contributed by atoms with Crippen LogP contribution in [-0.4, -0.2) is 5.11 Å². The molecule has 0 saturated carbocycles. The Balaban J connectivity index is 1.87. The summed E-state index contributed by atoms with van der Waals surface area (Å²) in [7, 11) is 0. The Morgan fingerprint density at radius 3 is 2.16 bits per heavy atom. The third kappa shape index (κ3) is 4.32. The van der Waals surface area contributed by atoms with Gasteiger partial charge in [-0.05, 0) is 48.2 Å². The first kappa shape index (κ1) is 13.5. The molecule has 2 aromatic rings. The molecule has 0 aliphatic heterocycles. The molecule has 2 aromatic carbocycles. The zero-order chi connectivity index (χ0) is 13.5. The molecule has 2 rings (SSSR count). The average molecular weight is 256 g/mol. The fraction of sp³-hybridized carbons (Fsp3) is 0.294. The van der Waals surface area contributed by atoms with Crippen molar-refractivity contribution in [3.63, 3.8) is 0 Å². The van der Waals surface area contributed by atoms with Gasteiger partial charge in [0.1, 0.15) is 18.1 Å². The van der Waals surface area contributed by atoms with Crippen LogP contribution in [0.5, 0.6) is 11.5 Å². The van der Waals surface area contributed by atoms with E-state index in [9.17, 15) is 5.11 Å². The van der Waals surface area contributed by atoms with E-state index in [2.05, 4.69) is 31.2 Å². The normalized spacial score (nSPS) is 10.4. The number of phenolic OH excluding ortho intramolecular Hbond substituents is 1. The number of aromatic hydroxyl groups is 1. The predicted molar refractivity (Wildman–Crippen MR) is 77.5 cm³/mol. The lowest BCUT2D eigenvalue weighted by molar-refractivity contribution is 0.305. The molecule has 0 unspecified atom stereocenters. The van der Waals surface area contributed by atoms with E-state index < -0.39 is 0 Å². The van der Waals surface area contributed by atoms with Gasteiger partial charge in [-0.15, -0.1) is 0 Å². The highest BCUT2D eigenvalue weighted by Crippen LogP contribution is 2.17. The number of hydrogen-bond acceptors (Lipinski definition) is 2. The summed E-state index contributed by atoms with van der Waals surface area (Å²) in [6, 6.07) is 15.4. The van der Waals surface area contributed by atoms with E-state index in [1.165, 1.54) is 18.4 Å². The van der Waals surface area contributed by atoms with E-state index in [0.29, 0.717) is 6.61 Å². The van der Waals surface area contributed by atoms with Crippen molar-refractivity contribution in [2.75, 3.05) is 0 Å². The Morgan fingerprint density at radius 1 is 0.895 bits per heavy atom. The lowest BCUT2D eigenvalue weighted by Gasteiger charge is -2.07. The number of benzene rings is 2. The van der Waals surface area contributed by atoms with E-state index in [4.69, 9.17) is 4.74 Å². The maximum Gasteiger partial charge on any atom is 0.120 e. The number of phenols is 1. The van der Waals surface area contributed by atoms with Crippen molar-refractivity contribution in [2.45, 2.75) is 32.8 Å². The third-order valence-corrected chi connectivity index (χ3v) is 3.08. The summed E-state index contributed by atoms with van der Waals surface area (Å²) >= 11 is 0. The zero-order valence-electron chi connectivity index (χ0n) is 11.3. The highest BCUT2D eigenvalue weighted by Gasteiger charge is 1.97. The number of unbranched alkanes of at least 4 members (excludes halogenated alkanes) is 1. The third-order valence-electron chi connectivity index (χ3n) is 3.08. The van der Waals surface area contributed by atoms with Crippen LogP contribution in [0.1, 0.15) is 30.9 Å². The zero-order valence-corrected chi connectivity index (χ0v) is 11.3. The van der Waals surface area contributed by atoms with Gasteiger partial charge in [0.15, 0.2) is 0 Å². The number of aryl methyl sites for hydroxylation is 1. The van der Waals surface area contributed by atoms with Crippen molar-refractivity contribution >= 4 is 0 Å². The number of rotatable bonds is 6. The van der Waals surface area contributed by atoms with Crippen molar-refractivity contribution in [1.29, 1.82) is 0 Å². The molecule has 0 aliphatic carbocycles. The van der Waals surface area contributed by atoms with E-state index in [1.54, 1.807) is 24.3 Å². The van der Waals surface area contributed by atoms with E-state index in [1.807, 2.05) is 0 Å². The minimum absolute atomic E-state index is 0.257. The van der Waals surface area contributed by atoms with Crippen molar-refractivity contribution in [1.82, 2.24) is 0 Å². The quantitative estimate of drug-likeness (QED) is 0.834. The van der Waals surface area contributed by atoms with Gasteiger partial charge in [-0.1, -0.05) is 37.6 Å². The molecule has 0 amide bonds. The monoisotopic (exact) mass is 256 g/mol. The fourth-order valence-corrected chi connectivity index (χ4v) is 1.89. The van der Waals surface area contributed by atoms with E-state index >= 15 is 0 Å². The predicted octanol–water partition coefficient (Wildman–Crippen LogP) is 4.31. The van der Waals surface area contributed by atoms with Gasteiger partial charge in [0.05, 0.1) is 0 Å². The first-order valence-corrected chi connectivity index (χ1v) is 6.77. The van der Waals surface area contributed by atoms with E-state index in [-0.39, 0.29) is 5.75 Å². The Labute approximate surface area is 114 Å². The summed E-state index contributed by atoms with van der Waals surface area (Å²) in [5, 5.41) is 9.19. The van der Waals surface area contributed by atoms with Crippen LogP contribution < -0.4 is 4.74 Å². The van der Waals surface area contributed by atoms with Crippen LogP contribution in [0, 0.1) is 0 Å². The maximum absolute atomic E-state index is 9.19. The van der Waals surface area contributed by atoms with Crippen LogP contribution in [0.25, 0.3) is 0 Å². The van der Waals surface area contributed by atoms with Crippen LogP contribution in [0.15, 0.2) is 48.5 Å². The average Bonchev–Trinajstić information content (AvgIpc) is 2.46. The van der Waals surface area contributed by atoms with Gasteiger partial charge >= 0.3 is 0 Å². The SMILES string of the molecule is CCCCc1ccc(COc2ccc(O)cc2)cc1. The molecule has 0 heterocycles. The lowest BCUT2D eigenvalue weighted by atomic mass is 10.1. The van der Waals surface area contributed by atoms with Crippen LogP contribution in [0.2, 0.25) is 0 Å². The molecule has 0 aromatic heterocycles. The smallest absolute Gasteiger partial charge is 0.120 e. The Kier molecular flexibility index (Phi) is 4.85. The minimum Gasteiger partial charge on any atom is -0.508 e. The fourth-order valence-electron chi connectivity index (χ4n) is 1.89. The molecule has 2 nitrogen and oxygen atoms in total. The molecular weight excluding hydrogens is 236 g/mol. The second-order valence-electron chi connectivity index (χ2n) is 4.70. The van der Waals surface area contributed by atoms with Gasteiger partial charge in [-0.25, -0.2) is 0 Å². The molecule has 19 heavy (non-hydrogen) atoms. The molecule has 0 aliphatic rings. The first-order chi connectivity index (χ1) is 9.28. The number of hydrogen-bond donors (Lipinski definition) is 1. The summed E-state index contributed by atoms with van der Waals surface area (Å²) in [5.41, 5.74) is 2.54. The molecule has 100 valence electrons. The molecule has 0 fully saturated rings. The van der Waals surface area contributed by atoms with Crippen molar-refractivity contribution in [3.8, 4) is 11.5 Å². The molecular formula is C17H20O2. The Hall–Kier alpha value is -1.96. The standard InChI is InChI=1S/C17H20O2/c1-2-3-4-14-5-7-15(8-6-14)13-19-17-11-9-16(18)10-12-17/h5-12,18H,2-4,13H2,1H3. The largest absolute Gasteiger partial charge is 0.508 e. The van der Waals surface area contributed by atoms with Crippen molar-refractivity contribution in [3.05, 3.63) is 59.7 Å². The van der Waals surface area contributed by atoms with Crippen LogP contribution in [0.3, 0.4) is 0 Å². The molecule has 0 saturated heterocycles. The summed E-state index contributed by atoms with van der Waals surface area (Å²) in [6.07, 6.45) is 3.62. The van der Waals surface area contributed by atoms with E-state index in [0.717, 1.165) is 17.7 Å². The lowest BCUT2D eigenvalue weighted by Crippen LogP contribution is -1.95. The van der Waals surface area contributed by atoms with Gasteiger partial charge in [-0.2, -0.15) is 0 Å². The summed E-state index contributed by atoms with van der Waals surface area (Å²) in [4.78, 5) is 0. The first-order valence-electron chi connectivity index (χ1n) is 6.77. The van der Waals surface area contributed by atoms with Crippen LogP contribution >= 0.6 is 0 Å². The minimum atomic E-state index is 0.257. The van der Waals surface area contributed by atoms with Gasteiger partial charge in [-0.3, -0.25) is 0 Å². The summed E-state index contributed by atoms with van der Waals surface area (Å²) in [6.45, 7) is 2.76. The topological polar surface area (TPSA) is 29.5 Å². The molecule has 0 atom stereocenters. The second-order valence-corrected chi connectivity index (χ2v) is 4.70. The van der Waals surface area contributed by atoms with Crippen LogP contribution in [-0.2, 0) is 13.0 Å². The highest BCUT2D eigenvalue weighted by atomic mass is 16.5. The van der Waals surface area contributed by atoms with Gasteiger partial charge in [0.2, 0.25) is 0 Å². The molecule has 2 heteroatoms. The van der Waals surface area contributed by atoms with Crippen molar-refractivity contribution in [2.24, 2.45) is 0 Å². The highest BCUT2D eigenvalue weighted by molar-refractivity contribution is 5.30.